The van der Waals surface area contributed by atoms with Gasteiger partial charge in [0, 0.05) is 12.1 Å². The number of fused-ring (bicyclic) bond motifs is 1. The summed E-state index contributed by atoms with van der Waals surface area (Å²) < 4.78 is 10.8. The Morgan fingerprint density at radius 3 is 2.59 bits per heavy atom. The number of ether oxygens (including phenoxy) is 1. The molecule has 27 heavy (non-hydrogen) atoms. The second kappa shape index (κ2) is 8.49. The summed E-state index contributed by atoms with van der Waals surface area (Å²) in [7, 11) is 0. The molecule has 3 aromatic rings. The first-order chi connectivity index (χ1) is 13.0. The van der Waals surface area contributed by atoms with Gasteiger partial charge in [-0.1, -0.05) is 31.2 Å². The number of rotatable bonds is 7. The predicted octanol–water partition coefficient (Wildman–Crippen LogP) is 3.89. The van der Waals surface area contributed by atoms with Crippen molar-refractivity contribution in [2.75, 3.05) is 5.32 Å². The number of aromatic nitrogens is 1. The van der Waals surface area contributed by atoms with Crippen LogP contribution in [0.1, 0.15) is 31.7 Å². The summed E-state index contributed by atoms with van der Waals surface area (Å²) in [5.41, 5.74) is 3.30. The van der Waals surface area contributed by atoms with Crippen molar-refractivity contribution in [3.05, 3.63) is 60.0 Å². The highest BCUT2D eigenvalue weighted by Crippen LogP contribution is 2.16. The number of amides is 1. The van der Waals surface area contributed by atoms with Crippen LogP contribution in [-0.4, -0.2) is 23.0 Å². The third-order valence-corrected chi connectivity index (χ3v) is 4.19. The lowest BCUT2D eigenvalue weighted by molar-refractivity contribution is -0.153. The van der Waals surface area contributed by atoms with E-state index in [1.54, 1.807) is 6.92 Å². The molecule has 1 aromatic heterocycles. The zero-order chi connectivity index (χ0) is 19.2. The van der Waals surface area contributed by atoms with Gasteiger partial charge in [-0.25, -0.2) is 4.98 Å². The molecule has 0 aliphatic rings. The summed E-state index contributed by atoms with van der Waals surface area (Å²) in [4.78, 5) is 28.5. The van der Waals surface area contributed by atoms with E-state index in [2.05, 4.69) is 17.2 Å². The molecule has 0 saturated heterocycles. The first kappa shape index (κ1) is 18.6. The molecule has 0 saturated carbocycles. The first-order valence-electron chi connectivity index (χ1n) is 8.99. The van der Waals surface area contributed by atoms with Gasteiger partial charge in [0.1, 0.15) is 5.52 Å². The lowest BCUT2D eigenvalue weighted by Gasteiger charge is -2.13. The van der Waals surface area contributed by atoms with Crippen molar-refractivity contribution in [3.63, 3.8) is 0 Å². The van der Waals surface area contributed by atoms with Gasteiger partial charge in [-0.3, -0.25) is 9.59 Å². The summed E-state index contributed by atoms with van der Waals surface area (Å²) in [6.07, 6.45) is 0.463. The average molecular weight is 366 g/mol. The van der Waals surface area contributed by atoms with Gasteiger partial charge in [-0.15, -0.1) is 0 Å². The Morgan fingerprint density at radius 2 is 1.89 bits per heavy atom. The van der Waals surface area contributed by atoms with E-state index in [-0.39, 0.29) is 12.3 Å². The van der Waals surface area contributed by atoms with Gasteiger partial charge in [0.15, 0.2) is 17.6 Å². The van der Waals surface area contributed by atoms with Crippen LogP contribution >= 0.6 is 0 Å². The summed E-state index contributed by atoms with van der Waals surface area (Å²) in [6.45, 7) is 3.61. The summed E-state index contributed by atoms with van der Waals surface area (Å²) in [5, 5.41) is 2.74. The van der Waals surface area contributed by atoms with E-state index in [0.717, 1.165) is 11.9 Å². The maximum absolute atomic E-state index is 12.2. The van der Waals surface area contributed by atoms with Crippen LogP contribution in [0.25, 0.3) is 11.1 Å². The van der Waals surface area contributed by atoms with Crippen LogP contribution in [0.4, 0.5) is 5.69 Å². The maximum Gasteiger partial charge on any atom is 0.307 e. The van der Waals surface area contributed by atoms with Crippen molar-refractivity contribution in [1.82, 2.24) is 4.98 Å². The van der Waals surface area contributed by atoms with Crippen molar-refractivity contribution in [2.45, 2.75) is 39.2 Å². The van der Waals surface area contributed by atoms with Gasteiger partial charge < -0.3 is 14.5 Å². The fraction of sp³-hybridized carbons (Fsp3) is 0.286. The molecule has 6 nitrogen and oxygen atoms in total. The molecular weight excluding hydrogens is 344 g/mol. The van der Waals surface area contributed by atoms with E-state index in [0.29, 0.717) is 23.6 Å². The number of hydrogen-bond acceptors (Lipinski definition) is 5. The van der Waals surface area contributed by atoms with Crippen LogP contribution < -0.4 is 5.32 Å². The highest BCUT2D eigenvalue weighted by molar-refractivity contribution is 5.95. The molecule has 0 spiro atoms. The number of benzene rings is 2. The summed E-state index contributed by atoms with van der Waals surface area (Å²) in [5.74, 6) is -0.364. The SMILES string of the molecule is CCc1ccc(NC(=O)[C@H](C)OC(=O)CCc2nc3ccccc3o2)cc1. The second-order valence-corrected chi connectivity index (χ2v) is 6.25. The van der Waals surface area contributed by atoms with Gasteiger partial charge in [-0.05, 0) is 43.2 Å². The normalized spacial score (nSPS) is 11.9. The van der Waals surface area contributed by atoms with Gasteiger partial charge >= 0.3 is 5.97 Å². The smallest absolute Gasteiger partial charge is 0.307 e. The number of aryl methyl sites for hydroxylation is 2. The van der Waals surface area contributed by atoms with Crippen LogP contribution in [0.15, 0.2) is 52.9 Å². The molecular formula is C21H22N2O4. The summed E-state index contributed by atoms with van der Waals surface area (Å²) in [6, 6.07) is 15.0. The van der Waals surface area contributed by atoms with Crippen LogP contribution in [0, 0.1) is 0 Å². The van der Waals surface area contributed by atoms with Gasteiger partial charge in [0.25, 0.3) is 5.91 Å². The van der Waals surface area contributed by atoms with E-state index in [9.17, 15) is 9.59 Å². The average Bonchev–Trinajstić information content (AvgIpc) is 3.10. The van der Waals surface area contributed by atoms with Gasteiger partial charge in [0.05, 0.1) is 6.42 Å². The number of esters is 1. The number of carbonyl (C=O) groups excluding carboxylic acids is 2. The predicted molar refractivity (Wildman–Crippen MR) is 102 cm³/mol. The highest BCUT2D eigenvalue weighted by atomic mass is 16.5. The minimum Gasteiger partial charge on any atom is -0.453 e. The monoisotopic (exact) mass is 366 g/mol. The first-order valence-corrected chi connectivity index (χ1v) is 8.99. The molecule has 1 heterocycles. The maximum atomic E-state index is 12.2. The van der Waals surface area contributed by atoms with Crippen molar-refractivity contribution < 1.29 is 18.7 Å². The molecule has 1 N–H and O–H groups in total. The number of carbonyl (C=O) groups is 2. The van der Waals surface area contributed by atoms with E-state index >= 15 is 0 Å². The van der Waals surface area contributed by atoms with Crippen LogP contribution in [0.3, 0.4) is 0 Å². The lowest BCUT2D eigenvalue weighted by Crippen LogP contribution is -2.30. The van der Waals surface area contributed by atoms with Crippen molar-refractivity contribution in [3.8, 4) is 0 Å². The van der Waals surface area contributed by atoms with Crippen LogP contribution in [0.5, 0.6) is 0 Å². The molecule has 0 aliphatic heterocycles. The van der Waals surface area contributed by atoms with Crippen molar-refractivity contribution in [1.29, 1.82) is 0 Å². The number of hydrogen-bond donors (Lipinski definition) is 1. The quantitative estimate of drug-likeness (QED) is 0.642. The second-order valence-electron chi connectivity index (χ2n) is 6.25. The standard InChI is InChI=1S/C21H22N2O4/c1-3-15-8-10-16(11-9-15)22-21(25)14(2)26-20(24)13-12-19-23-17-6-4-5-7-18(17)27-19/h4-11,14H,3,12-13H2,1-2H3,(H,22,25)/t14-/m0/s1. The number of nitrogens with one attached hydrogen (secondary N) is 1. The zero-order valence-corrected chi connectivity index (χ0v) is 15.4. The van der Waals surface area contributed by atoms with E-state index in [4.69, 9.17) is 9.15 Å². The Labute approximate surface area is 157 Å². The number of anilines is 1. The van der Waals surface area contributed by atoms with Crippen LogP contribution in [-0.2, 0) is 27.2 Å². The highest BCUT2D eigenvalue weighted by Gasteiger charge is 2.18. The Bertz CT molecular complexity index is 898. The molecule has 0 bridgehead atoms. The molecule has 1 amide bonds. The Morgan fingerprint density at radius 1 is 1.15 bits per heavy atom. The molecule has 1 atom stereocenters. The molecule has 0 unspecified atom stereocenters. The molecule has 0 aliphatic carbocycles. The Kier molecular flexibility index (Phi) is 5.86. The van der Waals surface area contributed by atoms with E-state index in [1.165, 1.54) is 5.56 Å². The van der Waals surface area contributed by atoms with Gasteiger partial charge in [0.2, 0.25) is 0 Å². The minimum atomic E-state index is -0.882. The third kappa shape index (κ3) is 4.94. The lowest BCUT2D eigenvalue weighted by atomic mass is 10.1. The molecule has 140 valence electrons. The van der Waals surface area contributed by atoms with E-state index < -0.39 is 12.1 Å². The molecule has 2 aromatic carbocycles. The third-order valence-electron chi connectivity index (χ3n) is 4.19. The number of para-hydroxylation sites is 2. The molecule has 3 rings (SSSR count). The number of nitrogens with zero attached hydrogens (tertiary/aromatic N) is 1. The Hall–Kier alpha value is -3.15. The summed E-state index contributed by atoms with van der Waals surface area (Å²) >= 11 is 0. The van der Waals surface area contributed by atoms with Crippen LogP contribution in [0.2, 0.25) is 0 Å². The zero-order valence-electron chi connectivity index (χ0n) is 15.4. The molecule has 6 heteroatoms. The topological polar surface area (TPSA) is 81.4 Å². The Balaban J connectivity index is 1.48. The van der Waals surface area contributed by atoms with Crippen molar-refractivity contribution >= 4 is 28.7 Å². The largest absolute Gasteiger partial charge is 0.453 e. The molecule has 0 radical (unpaired) electrons. The van der Waals surface area contributed by atoms with Gasteiger partial charge in [-0.2, -0.15) is 0 Å². The fourth-order valence-electron chi connectivity index (χ4n) is 2.61. The molecule has 0 fully saturated rings. The number of oxazole rings is 1. The van der Waals surface area contributed by atoms with E-state index in [1.807, 2.05) is 48.5 Å². The fourth-order valence-corrected chi connectivity index (χ4v) is 2.61. The minimum absolute atomic E-state index is 0.0929. The van der Waals surface area contributed by atoms with Crippen molar-refractivity contribution in [2.24, 2.45) is 0 Å².